The molecule has 0 unspecified atom stereocenters. The molecule has 3 aromatic rings. The first-order valence-corrected chi connectivity index (χ1v) is 11.3. The van der Waals surface area contributed by atoms with E-state index >= 15 is 0 Å². The van der Waals surface area contributed by atoms with Crippen molar-refractivity contribution in [2.75, 3.05) is 7.11 Å². The number of benzene rings is 2. The molecule has 0 spiro atoms. The van der Waals surface area contributed by atoms with Crippen LogP contribution in [0.3, 0.4) is 0 Å². The van der Waals surface area contributed by atoms with Crippen LogP contribution in [0.4, 0.5) is 4.79 Å². The second-order valence-electron chi connectivity index (χ2n) is 8.22. The largest absolute Gasteiger partial charge is 0.467 e. The van der Waals surface area contributed by atoms with E-state index in [0.717, 1.165) is 22.0 Å². The van der Waals surface area contributed by atoms with Crippen molar-refractivity contribution in [1.82, 2.24) is 15.6 Å². The van der Waals surface area contributed by atoms with Gasteiger partial charge < -0.3 is 25.1 Å². The van der Waals surface area contributed by atoms with Gasteiger partial charge in [-0.25, -0.2) is 9.59 Å². The van der Waals surface area contributed by atoms with Crippen molar-refractivity contribution in [1.29, 1.82) is 0 Å². The fourth-order valence-electron chi connectivity index (χ4n) is 3.71. The number of hydrogen-bond acceptors (Lipinski definition) is 5. The first-order valence-electron chi connectivity index (χ1n) is 11.3. The SMILES string of the molecule is CC[C@@H](C)[C@@H](NC(=O)OCc1ccccc1)C(=O)N[C@@H](Cc1c[nH]c2ccccc12)C(=O)OC. The van der Waals surface area contributed by atoms with Crippen LogP contribution in [0.25, 0.3) is 10.9 Å². The average Bonchev–Trinajstić information content (AvgIpc) is 3.28. The summed E-state index contributed by atoms with van der Waals surface area (Å²) in [7, 11) is 1.28. The second-order valence-corrected chi connectivity index (χ2v) is 8.22. The molecule has 34 heavy (non-hydrogen) atoms. The van der Waals surface area contributed by atoms with Crippen LogP contribution in [-0.2, 0) is 32.1 Å². The number of aromatic amines is 1. The maximum atomic E-state index is 13.2. The number of rotatable bonds is 10. The Kier molecular flexibility index (Phi) is 8.67. The van der Waals surface area contributed by atoms with E-state index in [0.29, 0.717) is 6.42 Å². The van der Waals surface area contributed by atoms with E-state index in [4.69, 9.17) is 9.47 Å². The lowest BCUT2D eigenvalue weighted by Crippen LogP contribution is -2.54. The highest BCUT2D eigenvalue weighted by atomic mass is 16.5. The Morgan fingerprint density at radius 2 is 1.71 bits per heavy atom. The van der Waals surface area contributed by atoms with Gasteiger partial charge in [0.05, 0.1) is 7.11 Å². The molecule has 0 radical (unpaired) electrons. The minimum atomic E-state index is -0.912. The summed E-state index contributed by atoms with van der Waals surface area (Å²) in [4.78, 5) is 41.3. The molecule has 3 rings (SSSR count). The first-order chi connectivity index (χ1) is 16.4. The van der Waals surface area contributed by atoms with Crippen LogP contribution in [0, 0.1) is 5.92 Å². The number of ether oxygens (including phenoxy) is 2. The summed E-state index contributed by atoms with van der Waals surface area (Å²) in [5.74, 6) is -1.22. The molecule has 2 amide bonds. The van der Waals surface area contributed by atoms with Crippen LogP contribution >= 0.6 is 0 Å². The number of amides is 2. The number of alkyl carbamates (subject to hydrolysis) is 1. The number of aromatic nitrogens is 1. The van der Waals surface area contributed by atoms with Gasteiger partial charge >= 0.3 is 12.1 Å². The maximum absolute atomic E-state index is 13.2. The summed E-state index contributed by atoms with van der Waals surface area (Å²) in [6.07, 6.45) is 2.00. The van der Waals surface area contributed by atoms with Crippen LogP contribution < -0.4 is 10.6 Å². The third kappa shape index (κ3) is 6.37. The highest BCUT2D eigenvalue weighted by molar-refractivity contribution is 5.91. The van der Waals surface area contributed by atoms with Gasteiger partial charge in [-0.3, -0.25) is 4.79 Å². The van der Waals surface area contributed by atoms with E-state index in [9.17, 15) is 14.4 Å². The Labute approximate surface area is 199 Å². The number of carbonyl (C=O) groups is 3. The Morgan fingerprint density at radius 1 is 1.00 bits per heavy atom. The number of nitrogens with one attached hydrogen (secondary N) is 3. The zero-order valence-electron chi connectivity index (χ0n) is 19.7. The molecule has 8 nitrogen and oxygen atoms in total. The molecule has 1 heterocycles. The molecule has 0 aliphatic carbocycles. The molecule has 0 saturated carbocycles. The molecule has 1 aromatic heterocycles. The molecule has 8 heteroatoms. The van der Waals surface area contributed by atoms with Gasteiger partial charge in [0.1, 0.15) is 18.7 Å². The van der Waals surface area contributed by atoms with Crippen LogP contribution in [0.5, 0.6) is 0 Å². The fraction of sp³-hybridized carbons (Fsp3) is 0.346. The van der Waals surface area contributed by atoms with E-state index in [-0.39, 0.29) is 18.9 Å². The van der Waals surface area contributed by atoms with Crippen LogP contribution in [0.1, 0.15) is 31.4 Å². The number of para-hydroxylation sites is 1. The molecule has 180 valence electrons. The molecule has 3 atom stereocenters. The molecule has 0 aliphatic rings. The minimum absolute atomic E-state index is 0.0901. The Hall–Kier alpha value is -3.81. The summed E-state index contributed by atoms with van der Waals surface area (Å²) in [5, 5.41) is 6.39. The highest BCUT2D eigenvalue weighted by Crippen LogP contribution is 2.20. The Morgan fingerprint density at radius 3 is 2.41 bits per heavy atom. The van der Waals surface area contributed by atoms with E-state index in [1.165, 1.54) is 7.11 Å². The topological polar surface area (TPSA) is 110 Å². The summed E-state index contributed by atoms with van der Waals surface area (Å²) >= 11 is 0. The summed E-state index contributed by atoms with van der Waals surface area (Å²) in [6.45, 7) is 3.87. The number of carbonyl (C=O) groups excluding carboxylic acids is 3. The number of esters is 1. The van der Waals surface area contributed by atoms with Gasteiger partial charge in [0.25, 0.3) is 0 Å². The third-order valence-corrected chi connectivity index (χ3v) is 5.88. The number of H-pyrrole nitrogens is 1. The average molecular weight is 466 g/mol. The van der Waals surface area contributed by atoms with Crippen molar-refractivity contribution < 1.29 is 23.9 Å². The van der Waals surface area contributed by atoms with Gasteiger partial charge in [0.15, 0.2) is 0 Å². The zero-order chi connectivity index (χ0) is 24.5. The lowest BCUT2D eigenvalue weighted by atomic mass is 9.97. The maximum Gasteiger partial charge on any atom is 0.408 e. The second kappa shape index (κ2) is 11.9. The van der Waals surface area contributed by atoms with Gasteiger partial charge in [-0.2, -0.15) is 0 Å². The first kappa shape index (κ1) is 24.8. The number of hydrogen-bond donors (Lipinski definition) is 3. The molecular weight excluding hydrogens is 434 g/mol. The van der Waals surface area contributed by atoms with Crippen molar-refractivity contribution in [3.05, 3.63) is 71.9 Å². The molecule has 0 fully saturated rings. The van der Waals surface area contributed by atoms with Crippen LogP contribution in [0.15, 0.2) is 60.8 Å². The van der Waals surface area contributed by atoms with Gasteiger partial charge in [-0.1, -0.05) is 68.8 Å². The fourth-order valence-corrected chi connectivity index (χ4v) is 3.71. The summed E-state index contributed by atoms with van der Waals surface area (Å²) in [6, 6.07) is 15.2. The van der Waals surface area contributed by atoms with Crippen molar-refractivity contribution in [2.24, 2.45) is 5.92 Å². The van der Waals surface area contributed by atoms with Crippen molar-refractivity contribution >= 4 is 28.9 Å². The minimum Gasteiger partial charge on any atom is -0.467 e. The summed E-state index contributed by atoms with van der Waals surface area (Å²) in [5.41, 5.74) is 2.65. The Bertz CT molecular complexity index is 1110. The molecule has 0 bridgehead atoms. The molecule has 3 N–H and O–H groups in total. The lowest BCUT2D eigenvalue weighted by Gasteiger charge is -2.25. The van der Waals surface area contributed by atoms with Gasteiger partial charge in [0, 0.05) is 23.5 Å². The van der Waals surface area contributed by atoms with E-state index in [1.54, 1.807) is 0 Å². The predicted octanol–water partition coefficient (Wildman–Crippen LogP) is 3.71. The van der Waals surface area contributed by atoms with Gasteiger partial charge in [-0.05, 0) is 23.1 Å². The molecule has 0 aliphatic heterocycles. The van der Waals surface area contributed by atoms with E-state index in [2.05, 4.69) is 15.6 Å². The molecule has 2 aromatic carbocycles. The third-order valence-electron chi connectivity index (χ3n) is 5.88. The van der Waals surface area contributed by atoms with E-state index in [1.807, 2.05) is 74.6 Å². The van der Waals surface area contributed by atoms with Gasteiger partial charge in [-0.15, -0.1) is 0 Å². The van der Waals surface area contributed by atoms with E-state index < -0.39 is 30.1 Å². The molecular formula is C26H31N3O5. The normalized spacial score (nSPS) is 13.5. The Balaban J connectivity index is 1.69. The quantitative estimate of drug-likeness (QED) is 0.396. The number of methoxy groups -OCH3 is 1. The smallest absolute Gasteiger partial charge is 0.408 e. The van der Waals surface area contributed by atoms with Crippen molar-refractivity contribution in [3.63, 3.8) is 0 Å². The zero-order valence-corrected chi connectivity index (χ0v) is 19.7. The lowest BCUT2D eigenvalue weighted by molar-refractivity contribution is -0.145. The van der Waals surface area contributed by atoms with Crippen molar-refractivity contribution in [2.45, 2.75) is 45.4 Å². The standard InChI is InChI=1S/C26H31N3O5/c1-4-17(2)23(29-26(32)34-16-18-10-6-5-7-11-18)24(30)28-22(25(31)33-3)14-19-15-27-21-13-9-8-12-20(19)21/h5-13,15,17,22-23,27H,4,14,16H2,1-3H3,(H,28,30)(H,29,32)/t17-,22+,23-/m1/s1. The van der Waals surface area contributed by atoms with Crippen molar-refractivity contribution in [3.8, 4) is 0 Å². The predicted molar refractivity (Wildman–Crippen MR) is 129 cm³/mol. The number of fused-ring (bicyclic) bond motifs is 1. The summed E-state index contributed by atoms with van der Waals surface area (Å²) < 4.78 is 10.2. The van der Waals surface area contributed by atoms with Gasteiger partial charge in [0.2, 0.25) is 5.91 Å². The van der Waals surface area contributed by atoms with Crippen LogP contribution in [0.2, 0.25) is 0 Å². The monoisotopic (exact) mass is 465 g/mol. The molecule has 0 saturated heterocycles. The van der Waals surface area contributed by atoms with Crippen LogP contribution in [-0.4, -0.2) is 42.1 Å². The highest BCUT2D eigenvalue weighted by Gasteiger charge is 2.31.